The summed E-state index contributed by atoms with van der Waals surface area (Å²) < 4.78 is 70.4. The summed E-state index contributed by atoms with van der Waals surface area (Å²) in [6.45, 7) is 1.15. The van der Waals surface area contributed by atoms with Crippen LogP contribution in [0, 0.1) is 11.6 Å². The second kappa shape index (κ2) is 7.63. The Hall–Kier alpha value is -2.67. The van der Waals surface area contributed by atoms with Crippen LogP contribution in [0.3, 0.4) is 0 Å². The van der Waals surface area contributed by atoms with E-state index in [0.29, 0.717) is 25.1 Å². The largest absolute Gasteiger partial charge is 0.416 e. The van der Waals surface area contributed by atoms with E-state index in [-0.39, 0.29) is 12.1 Å². The third-order valence-corrected chi connectivity index (χ3v) is 5.31. The van der Waals surface area contributed by atoms with Crippen LogP contribution in [0.25, 0.3) is 0 Å². The Morgan fingerprint density at radius 3 is 2.34 bits per heavy atom. The molecule has 0 amide bonds. The molecule has 0 spiro atoms. The van der Waals surface area contributed by atoms with Crippen molar-refractivity contribution in [1.29, 1.82) is 0 Å². The first-order chi connectivity index (χ1) is 13.8. The predicted octanol–water partition coefficient (Wildman–Crippen LogP) is 5.78. The average Bonchev–Trinajstić information content (AvgIpc) is 3.05. The van der Waals surface area contributed by atoms with Gasteiger partial charge in [0.2, 0.25) is 0 Å². The van der Waals surface area contributed by atoms with Gasteiger partial charge in [0.1, 0.15) is 11.6 Å². The Balaban J connectivity index is 1.80. The second-order valence-electron chi connectivity index (χ2n) is 7.18. The fraction of sp³-hybridized carbons (Fsp3) is 0.273. The standard InChI is InChI=1S/C22H19F5N2/c23-18-7-2-8-19(24)17(18)14-29-12-4-11-28-10-3-9-20(28)21(29)15-5-1-6-16(13-15)22(25,26)27/h1-3,5-10,13,21H,4,11-12,14H2/t21-/m0/s1. The maximum absolute atomic E-state index is 14.3. The molecule has 2 nitrogen and oxygen atoms in total. The molecular weight excluding hydrogens is 387 g/mol. The molecule has 2 heterocycles. The van der Waals surface area contributed by atoms with Gasteiger partial charge in [-0.3, -0.25) is 4.90 Å². The van der Waals surface area contributed by atoms with Crippen molar-refractivity contribution in [3.63, 3.8) is 0 Å². The van der Waals surface area contributed by atoms with Gasteiger partial charge in [0.05, 0.1) is 11.6 Å². The highest BCUT2D eigenvalue weighted by Gasteiger charge is 2.33. The molecule has 0 bridgehead atoms. The van der Waals surface area contributed by atoms with Gasteiger partial charge in [-0.15, -0.1) is 0 Å². The van der Waals surface area contributed by atoms with E-state index < -0.39 is 29.4 Å². The number of nitrogens with zero attached hydrogens (tertiary/aromatic N) is 2. The molecule has 2 aromatic carbocycles. The number of fused-ring (bicyclic) bond motifs is 1. The van der Waals surface area contributed by atoms with Crippen molar-refractivity contribution in [2.75, 3.05) is 6.54 Å². The van der Waals surface area contributed by atoms with Gasteiger partial charge in [-0.1, -0.05) is 18.2 Å². The molecule has 0 unspecified atom stereocenters. The van der Waals surface area contributed by atoms with E-state index in [4.69, 9.17) is 0 Å². The third-order valence-electron chi connectivity index (χ3n) is 5.31. The minimum Gasteiger partial charge on any atom is -0.350 e. The van der Waals surface area contributed by atoms with Crippen molar-refractivity contribution in [3.8, 4) is 0 Å². The van der Waals surface area contributed by atoms with Gasteiger partial charge in [0.25, 0.3) is 0 Å². The molecule has 152 valence electrons. The molecule has 1 aromatic heterocycles. The average molecular weight is 406 g/mol. The van der Waals surface area contributed by atoms with Crippen LogP contribution in [-0.4, -0.2) is 16.0 Å². The number of aromatic nitrogens is 1. The maximum Gasteiger partial charge on any atom is 0.416 e. The first-order valence-corrected chi connectivity index (χ1v) is 9.34. The summed E-state index contributed by atoms with van der Waals surface area (Å²) in [5.41, 5.74) is 0.427. The summed E-state index contributed by atoms with van der Waals surface area (Å²) in [6.07, 6.45) is -1.87. The number of hydrogen-bond acceptors (Lipinski definition) is 1. The molecular formula is C22H19F5N2. The van der Waals surface area contributed by atoms with Crippen molar-refractivity contribution in [1.82, 2.24) is 9.47 Å². The van der Waals surface area contributed by atoms with Crippen LogP contribution in [0.2, 0.25) is 0 Å². The van der Waals surface area contributed by atoms with Gasteiger partial charge in [-0.25, -0.2) is 8.78 Å². The van der Waals surface area contributed by atoms with E-state index in [1.807, 2.05) is 27.8 Å². The lowest BCUT2D eigenvalue weighted by Gasteiger charge is -2.31. The van der Waals surface area contributed by atoms with Gasteiger partial charge in [-0.05, 0) is 48.4 Å². The number of rotatable bonds is 3. The molecule has 3 aromatic rings. The monoisotopic (exact) mass is 406 g/mol. The Morgan fingerprint density at radius 2 is 1.62 bits per heavy atom. The van der Waals surface area contributed by atoms with Crippen LogP contribution in [-0.2, 0) is 19.3 Å². The topological polar surface area (TPSA) is 8.17 Å². The van der Waals surface area contributed by atoms with Crippen molar-refractivity contribution in [3.05, 3.63) is 94.8 Å². The zero-order valence-corrected chi connectivity index (χ0v) is 15.5. The molecule has 1 atom stereocenters. The Morgan fingerprint density at radius 1 is 0.897 bits per heavy atom. The highest BCUT2D eigenvalue weighted by molar-refractivity contribution is 5.34. The third kappa shape index (κ3) is 3.92. The zero-order chi connectivity index (χ0) is 20.6. The van der Waals surface area contributed by atoms with Crippen molar-refractivity contribution in [2.45, 2.75) is 31.7 Å². The summed E-state index contributed by atoms with van der Waals surface area (Å²) in [4.78, 5) is 1.84. The molecule has 4 rings (SSSR count). The number of benzene rings is 2. The lowest BCUT2D eigenvalue weighted by atomic mass is 9.98. The number of halogens is 5. The summed E-state index contributed by atoms with van der Waals surface area (Å²) >= 11 is 0. The van der Waals surface area contributed by atoms with Crippen molar-refractivity contribution >= 4 is 0 Å². The lowest BCUT2D eigenvalue weighted by Crippen LogP contribution is -2.30. The highest BCUT2D eigenvalue weighted by Crippen LogP contribution is 2.37. The fourth-order valence-corrected chi connectivity index (χ4v) is 3.96. The van der Waals surface area contributed by atoms with E-state index in [1.165, 1.54) is 24.3 Å². The SMILES string of the molecule is Fc1cccc(F)c1CN1CCCn2cccc2[C@@H]1c1cccc(C(F)(F)F)c1. The molecule has 0 saturated heterocycles. The maximum atomic E-state index is 14.3. The molecule has 0 saturated carbocycles. The molecule has 0 radical (unpaired) electrons. The molecule has 1 aliphatic heterocycles. The quantitative estimate of drug-likeness (QED) is 0.501. The Bertz CT molecular complexity index is 988. The Labute approximate surface area is 165 Å². The van der Waals surface area contributed by atoms with Gasteiger partial charge in [0, 0.05) is 37.1 Å². The normalized spacial score (nSPS) is 17.8. The van der Waals surface area contributed by atoms with E-state index in [1.54, 1.807) is 6.07 Å². The fourth-order valence-electron chi connectivity index (χ4n) is 3.96. The van der Waals surface area contributed by atoms with Crippen molar-refractivity contribution in [2.24, 2.45) is 0 Å². The molecule has 7 heteroatoms. The lowest BCUT2D eigenvalue weighted by molar-refractivity contribution is -0.137. The van der Waals surface area contributed by atoms with Crippen LogP contribution in [0.1, 0.15) is 34.8 Å². The van der Waals surface area contributed by atoms with E-state index in [2.05, 4.69) is 0 Å². The number of alkyl halides is 3. The summed E-state index contributed by atoms with van der Waals surface area (Å²) in [6, 6.07) is 12.0. The first kappa shape index (κ1) is 19.6. The van der Waals surface area contributed by atoms with Crippen LogP contribution in [0.5, 0.6) is 0 Å². The predicted molar refractivity (Wildman–Crippen MR) is 99.1 cm³/mol. The molecule has 0 aliphatic carbocycles. The zero-order valence-electron chi connectivity index (χ0n) is 15.5. The van der Waals surface area contributed by atoms with Gasteiger partial charge >= 0.3 is 6.18 Å². The highest BCUT2D eigenvalue weighted by atomic mass is 19.4. The molecule has 29 heavy (non-hydrogen) atoms. The molecule has 0 fully saturated rings. The van der Waals surface area contributed by atoms with E-state index >= 15 is 0 Å². The molecule has 1 aliphatic rings. The van der Waals surface area contributed by atoms with E-state index in [0.717, 1.165) is 17.8 Å². The van der Waals surface area contributed by atoms with Crippen LogP contribution < -0.4 is 0 Å². The smallest absolute Gasteiger partial charge is 0.350 e. The van der Waals surface area contributed by atoms with Gasteiger partial charge in [0.15, 0.2) is 0 Å². The van der Waals surface area contributed by atoms with Crippen molar-refractivity contribution < 1.29 is 22.0 Å². The summed E-state index contributed by atoms with van der Waals surface area (Å²) in [7, 11) is 0. The second-order valence-corrected chi connectivity index (χ2v) is 7.18. The minimum absolute atomic E-state index is 0.0371. The summed E-state index contributed by atoms with van der Waals surface area (Å²) in [5, 5.41) is 0. The Kier molecular flexibility index (Phi) is 5.17. The van der Waals surface area contributed by atoms with Crippen LogP contribution >= 0.6 is 0 Å². The van der Waals surface area contributed by atoms with Gasteiger partial charge in [-0.2, -0.15) is 13.2 Å². The molecule has 0 N–H and O–H groups in total. The first-order valence-electron chi connectivity index (χ1n) is 9.34. The van der Waals surface area contributed by atoms with Gasteiger partial charge < -0.3 is 4.57 Å². The summed E-state index contributed by atoms with van der Waals surface area (Å²) in [5.74, 6) is -1.32. The number of hydrogen-bond donors (Lipinski definition) is 0. The van der Waals surface area contributed by atoms with E-state index in [9.17, 15) is 22.0 Å². The van der Waals surface area contributed by atoms with Crippen LogP contribution in [0.4, 0.5) is 22.0 Å². The van der Waals surface area contributed by atoms with Crippen LogP contribution in [0.15, 0.2) is 60.8 Å². The number of aryl methyl sites for hydroxylation is 1. The minimum atomic E-state index is -4.47.